The van der Waals surface area contributed by atoms with Crippen molar-refractivity contribution in [2.45, 2.75) is 13.8 Å². The number of hydrogen-bond donors (Lipinski definition) is 0. The van der Waals surface area contributed by atoms with Crippen molar-refractivity contribution in [2.24, 2.45) is 9.98 Å². The largest absolute Gasteiger partial charge is 0.256 e. The van der Waals surface area contributed by atoms with Crippen LogP contribution in [0.5, 0.6) is 0 Å². The number of rotatable bonds is 7. The van der Waals surface area contributed by atoms with E-state index >= 15 is 0 Å². The van der Waals surface area contributed by atoms with Gasteiger partial charge in [-0.1, -0.05) is 83.9 Å². The molecule has 0 atom stereocenters. The highest BCUT2D eigenvalue weighted by Gasteiger charge is 2.14. The molecule has 0 aliphatic heterocycles. The molecule has 0 spiro atoms. The van der Waals surface area contributed by atoms with Crippen molar-refractivity contribution in [1.82, 2.24) is 19.6 Å². The van der Waals surface area contributed by atoms with Gasteiger partial charge in [0.15, 0.2) is 0 Å². The van der Waals surface area contributed by atoms with E-state index in [0.717, 1.165) is 56.4 Å². The summed E-state index contributed by atoms with van der Waals surface area (Å²) in [5.74, 6) is 0. The Morgan fingerprint density at radius 1 is 0.524 bits per heavy atom. The molecule has 0 bridgehead atoms. The molecule has 0 aliphatic carbocycles. The molecule has 0 N–H and O–H groups in total. The third-order valence-corrected chi connectivity index (χ3v) is 7.58. The topological polar surface area (TPSA) is 60.4 Å². The maximum Gasteiger partial charge on any atom is 0.141 e. The van der Waals surface area contributed by atoms with Crippen molar-refractivity contribution in [3.8, 4) is 22.5 Å². The number of para-hydroxylation sites is 2. The number of hydrogen-bond acceptors (Lipinski definition) is 4. The zero-order valence-corrected chi connectivity index (χ0v) is 24.5. The predicted molar refractivity (Wildman–Crippen MR) is 173 cm³/mol. The summed E-state index contributed by atoms with van der Waals surface area (Å²) in [4.78, 5) is 9.29. The van der Waals surface area contributed by atoms with Gasteiger partial charge in [0.1, 0.15) is 10.3 Å². The van der Waals surface area contributed by atoms with Crippen molar-refractivity contribution in [2.75, 3.05) is 0 Å². The van der Waals surface area contributed by atoms with Crippen molar-refractivity contribution in [1.29, 1.82) is 0 Å². The molecule has 0 radical (unpaired) electrons. The van der Waals surface area contributed by atoms with Crippen molar-refractivity contribution in [3.05, 3.63) is 142 Å². The van der Waals surface area contributed by atoms with E-state index in [2.05, 4.69) is 20.2 Å². The lowest BCUT2D eigenvalue weighted by molar-refractivity contribution is 0.863. The minimum absolute atomic E-state index is 0.532. The smallest absolute Gasteiger partial charge is 0.141 e. The Morgan fingerprint density at radius 2 is 0.881 bits per heavy atom. The van der Waals surface area contributed by atoms with Gasteiger partial charge in [-0.05, 0) is 73.5 Å². The van der Waals surface area contributed by atoms with Gasteiger partial charge in [-0.15, -0.1) is 0 Å². The Bertz CT molecular complexity index is 1750. The van der Waals surface area contributed by atoms with E-state index in [1.165, 1.54) is 0 Å². The van der Waals surface area contributed by atoms with Crippen LogP contribution in [0, 0.1) is 13.8 Å². The molecule has 6 nitrogen and oxygen atoms in total. The van der Waals surface area contributed by atoms with Crippen LogP contribution >= 0.6 is 23.2 Å². The highest BCUT2D eigenvalue weighted by molar-refractivity contribution is 6.33. The summed E-state index contributed by atoms with van der Waals surface area (Å²) in [7, 11) is 0. The first-order valence-electron chi connectivity index (χ1n) is 13.4. The number of halogens is 2. The standard InChI is InChI=1S/C34H26Cl2N6/c1-23-31(33(35)41(39-23)29-9-5-3-6-10-29)21-37-27-17-13-25(14-18-27)26-15-19-28(20-16-26)38-22-32-24(2)40-42(34(32)36)30-11-7-4-8-12-30/h3-22H,1-2H3. The molecule has 4 aromatic carbocycles. The van der Waals surface area contributed by atoms with Crippen LogP contribution in [0.4, 0.5) is 11.4 Å². The van der Waals surface area contributed by atoms with Gasteiger partial charge in [0, 0.05) is 12.4 Å². The molecule has 206 valence electrons. The maximum atomic E-state index is 6.64. The SMILES string of the molecule is Cc1nn(-c2ccccc2)c(Cl)c1C=Nc1ccc(-c2ccc(N=Cc3c(C)nn(-c4ccccc4)c3Cl)cc2)cc1. The lowest BCUT2D eigenvalue weighted by atomic mass is 10.1. The summed E-state index contributed by atoms with van der Waals surface area (Å²) in [6.07, 6.45) is 3.53. The zero-order valence-electron chi connectivity index (χ0n) is 23.0. The molecule has 8 heteroatoms. The van der Waals surface area contributed by atoms with Gasteiger partial charge < -0.3 is 0 Å². The second-order valence-electron chi connectivity index (χ2n) is 9.68. The van der Waals surface area contributed by atoms with E-state index in [9.17, 15) is 0 Å². The maximum absolute atomic E-state index is 6.64. The van der Waals surface area contributed by atoms with Crippen LogP contribution in [0.25, 0.3) is 22.5 Å². The first-order valence-corrected chi connectivity index (χ1v) is 14.1. The summed E-state index contributed by atoms with van der Waals surface area (Å²) in [6, 6.07) is 35.8. The molecule has 0 saturated carbocycles. The molecule has 2 heterocycles. The van der Waals surface area contributed by atoms with Crippen molar-refractivity contribution < 1.29 is 0 Å². The third kappa shape index (κ3) is 5.68. The summed E-state index contributed by atoms with van der Waals surface area (Å²) in [5.41, 5.74) is 8.85. The zero-order chi connectivity index (χ0) is 29.1. The Morgan fingerprint density at radius 3 is 1.24 bits per heavy atom. The van der Waals surface area contributed by atoms with Crippen LogP contribution in [-0.2, 0) is 0 Å². The second kappa shape index (κ2) is 12.0. The highest BCUT2D eigenvalue weighted by atomic mass is 35.5. The quantitative estimate of drug-likeness (QED) is 0.174. The fourth-order valence-electron chi connectivity index (χ4n) is 4.55. The molecule has 0 unspecified atom stereocenters. The Labute approximate surface area is 254 Å². The molecular formula is C34H26Cl2N6. The minimum atomic E-state index is 0.532. The lowest BCUT2D eigenvalue weighted by Gasteiger charge is -2.03. The molecule has 6 aromatic rings. The second-order valence-corrected chi connectivity index (χ2v) is 10.4. The van der Waals surface area contributed by atoms with Gasteiger partial charge in [-0.25, -0.2) is 9.36 Å². The van der Waals surface area contributed by atoms with E-state index in [1.54, 1.807) is 21.8 Å². The van der Waals surface area contributed by atoms with Crippen LogP contribution < -0.4 is 0 Å². The van der Waals surface area contributed by atoms with Gasteiger partial charge in [0.25, 0.3) is 0 Å². The Kier molecular flexibility index (Phi) is 7.82. The average Bonchev–Trinajstić information content (AvgIpc) is 3.48. The van der Waals surface area contributed by atoms with Gasteiger partial charge >= 0.3 is 0 Å². The van der Waals surface area contributed by atoms with Crippen molar-refractivity contribution in [3.63, 3.8) is 0 Å². The minimum Gasteiger partial charge on any atom is -0.256 e. The number of aliphatic imine (C=N–C) groups is 2. The van der Waals surface area contributed by atoms with E-state index in [4.69, 9.17) is 23.2 Å². The molecule has 6 rings (SSSR count). The molecular weight excluding hydrogens is 563 g/mol. The number of nitrogens with zero attached hydrogens (tertiary/aromatic N) is 6. The average molecular weight is 590 g/mol. The summed E-state index contributed by atoms with van der Waals surface area (Å²) in [6.45, 7) is 3.85. The van der Waals surface area contributed by atoms with E-state index in [0.29, 0.717) is 10.3 Å². The molecule has 2 aromatic heterocycles. The summed E-state index contributed by atoms with van der Waals surface area (Å²) in [5, 5.41) is 10.2. The fraction of sp³-hybridized carbons (Fsp3) is 0.0588. The number of aryl methyl sites for hydroxylation is 2. The highest BCUT2D eigenvalue weighted by Crippen LogP contribution is 2.27. The summed E-state index contributed by atoms with van der Waals surface area (Å²) >= 11 is 13.3. The lowest BCUT2D eigenvalue weighted by Crippen LogP contribution is -1.96. The fourth-order valence-corrected chi connectivity index (χ4v) is 5.20. The van der Waals surface area contributed by atoms with Gasteiger partial charge in [0.2, 0.25) is 0 Å². The molecule has 0 amide bonds. The van der Waals surface area contributed by atoms with Crippen molar-refractivity contribution >= 4 is 47.0 Å². The molecule has 0 fully saturated rings. The first kappa shape index (κ1) is 27.4. The first-order chi connectivity index (χ1) is 20.5. The Hall–Kier alpha value is -4.78. The van der Waals surface area contributed by atoms with Gasteiger partial charge in [0.05, 0.1) is 45.3 Å². The Balaban J connectivity index is 1.15. The van der Waals surface area contributed by atoms with E-state index in [1.807, 2.05) is 123 Å². The van der Waals surface area contributed by atoms with Crippen LogP contribution in [0.3, 0.4) is 0 Å². The van der Waals surface area contributed by atoms with E-state index < -0.39 is 0 Å². The predicted octanol–water partition coefficient (Wildman–Crippen LogP) is 9.15. The van der Waals surface area contributed by atoms with Crippen LogP contribution in [-0.4, -0.2) is 32.0 Å². The van der Waals surface area contributed by atoms with E-state index in [-0.39, 0.29) is 0 Å². The number of benzene rings is 4. The van der Waals surface area contributed by atoms with Crippen LogP contribution in [0.2, 0.25) is 10.3 Å². The normalized spacial score (nSPS) is 11.6. The molecule has 42 heavy (non-hydrogen) atoms. The number of aromatic nitrogens is 4. The van der Waals surface area contributed by atoms with Crippen LogP contribution in [0.1, 0.15) is 22.5 Å². The third-order valence-electron chi connectivity index (χ3n) is 6.85. The van der Waals surface area contributed by atoms with Gasteiger partial charge in [-0.3, -0.25) is 9.98 Å². The van der Waals surface area contributed by atoms with Crippen LogP contribution in [0.15, 0.2) is 119 Å². The van der Waals surface area contributed by atoms with Gasteiger partial charge in [-0.2, -0.15) is 10.2 Å². The summed E-state index contributed by atoms with van der Waals surface area (Å²) < 4.78 is 3.45. The molecule has 0 aliphatic rings. The monoisotopic (exact) mass is 588 g/mol. The molecule has 0 saturated heterocycles.